The van der Waals surface area contributed by atoms with E-state index < -0.39 is 6.04 Å². The Morgan fingerprint density at radius 2 is 1.95 bits per heavy atom. The van der Waals surface area contributed by atoms with Crippen LogP contribution in [0.2, 0.25) is 0 Å². The van der Waals surface area contributed by atoms with Crippen LogP contribution in [0.15, 0.2) is 24.3 Å². The van der Waals surface area contributed by atoms with Gasteiger partial charge in [-0.2, -0.15) is 0 Å². The first-order valence-corrected chi connectivity index (χ1v) is 7.47. The van der Waals surface area contributed by atoms with E-state index in [-0.39, 0.29) is 30.4 Å². The van der Waals surface area contributed by atoms with Gasteiger partial charge in [0, 0.05) is 18.7 Å². The molecule has 1 fully saturated rings. The van der Waals surface area contributed by atoms with E-state index in [0.717, 1.165) is 24.1 Å². The normalized spacial score (nSPS) is 16.7. The number of nitrogens with two attached hydrogens (primary N) is 1. The average molecular weight is 305 g/mol. The van der Waals surface area contributed by atoms with Crippen LogP contribution >= 0.6 is 0 Å². The zero-order chi connectivity index (χ0) is 16.1. The summed E-state index contributed by atoms with van der Waals surface area (Å²) in [6, 6.07) is 6.61. The number of anilines is 1. The number of carbonyl (C=O) groups is 2. The Hall–Kier alpha value is -1.92. The highest BCUT2D eigenvalue weighted by molar-refractivity contribution is 5.94. The molecule has 1 aromatic rings. The fourth-order valence-corrected chi connectivity index (χ4v) is 2.10. The molecule has 0 bridgehead atoms. The van der Waals surface area contributed by atoms with Crippen LogP contribution in [0.1, 0.15) is 31.4 Å². The van der Waals surface area contributed by atoms with Crippen molar-refractivity contribution in [2.75, 3.05) is 19.0 Å². The molecule has 2 atom stereocenters. The molecule has 2 rings (SSSR count). The lowest BCUT2D eigenvalue weighted by molar-refractivity contribution is -0.124. The number of amides is 2. The van der Waals surface area contributed by atoms with Gasteiger partial charge in [-0.3, -0.25) is 9.59 Å². The maximum atomic E-state index is 11.8. The number of ether oxygens (including phenoxy) is 1. The van der Waals surface area contributed by atoms with Gasteiger partial charge >= 0.3 is 0 Å². The molecule has 6 heteroatoms. The van der Waals surface area contributed by atoms with Gasteiger partial charge in [-0.25, -0.2) is 0 Å². The van der Waals surface area contributed by atoms with Crippen molar-refractivity contribution in [3.63, 3.8) is 0 Å². The van der Waals surface area contributed by atoms with Crippen LogP contribution in [0.5, 0.6) is 0 Å². The van der Waals surface area contributed by atoms with Gasteiger partial charge in [0.1, 0.15) is 6.04 Å². The minimum Gasteiger partial charge on any atom is -0.383 e. The fourth-order valence-electron chi connectivity index (χ4n) is 2.10. The molecular formula is C16H23N3O3. The summed E-state index contributed by atoms with van der Waals surface area (Å²) in [5, 5.41) is 5.72. The molecule has 0 radical (unpaired) electrons. The Balaban J connectivity index is 1.88. The Morgan fingerprint density at radius 3 is 2.50 bits per heavy atom. The summed E-state index contributed by atoms with van der Waals surface area (Å²) in [6.45, 7) is 2.07. The SMILES string of the molecule is COCC(N)C(=O)NC(C)c1ccc(NC(=O)C2CC2)cc1. The fraction of sp³-hybridized carbons (Fsp3) is 0.500. The van der Waals surface area contributed by atoms with Crippen molar-refractivity contribution in [3.05, 3.63) is 29.8 Å². The molecule has 2 amide bonds. The summed E-state index contributed by atoms with van der Waals surface area (Å²) in [6.07, 6.45) is 1.96. The third-order valence-electron chi connectivity index (χ3n) is 3.67. The van der Waals surface area contributed by atoms with E-state index in [1.54, 1.807) is 0 Å². The van der Waals surface area contributed by atoms with Crippen LogP contribution in [-0.2, 0) is 14.3 Å². The number of methoxy groups -OCH3 is 1. The Kier molecular flexibility index (Phi) is 5.51. The van der Waals surface area contributed by atoms with E-state index >= 15 is 0 Å². The van der Waals surface area contributed by atoms with Crippen LogP contribution in [-0.4, -0.2) is 31.6 Å². The molecule has 1 saturated carbocycles. The molecule has 0 aliphatic heterocycles. The van der Waals surface area contributed by atoms with Gasteiger partial charge in [-0.05, 0) is 37.5 Å². The van der Waals surface area contributed by atoms with E-state index in [1.165, 1.54) is 7.11 Å². The summed E-state index contributed by atoms with van der Waals surface area (Å²) >= 11 is 0. The van der Waals surface area contributed by atoms with Crippen molar-refractivity contribution >= 4 is 17.5 Å². The average Bonchev–Trinajstić information content (AvgIpc) is 3.32. The van der Waals surface area contributed by atoms with Crippen molar-refractivity contribution in [2.24, 2.45) is 11.7 Å². The van der Waals surface area contributed by atoms with Gasteiger partial charge < -0.3 is 21.1 Å². The molecule has 1 aliphatic carbocycles. The zero-order valence-electron chi connectivity index (χ0n) is 13.0. The van der Waals surface area contributed by atoms with Gasteiger partial charge in [0.25, 0.3) is 0 Å². The molecular weight excluding hydrogens is 282 g/mol. The van der Waals surface area contributed by atoms with Gasteiger partial charge in [0.2, 0.25) is 11.8 Å². The highest BCUT2D eigenvalue weighted by Crippen LogP contribution is 2.30. The Bertz CT molecular complexity index is 526. The van der Waals surface area contributed by atoms with Crippen molar-refractivity contribution in [1.82, 2.24) is 5.32 Å². The standard InChI is InChI=1S/C16H23N3O3/c1-10(18-16(21)14(17)9-22-2)11-5-7-13(8-6-11)19-15(20)12-3-4-12/h5-8,10,12,14H,3-4,9,17H2,1-2H3,(H,18,21)(H,19,20). The highest BCUT2D eigenvalue weighted by Gasteiger charge is 2.29. The molecule has 0 aromatic heterocycles. The molecule has 1 aromatic carbocycles. The quantitative estimate of drug-likeness (QED) is 0.705. The van der Waals surface area contributed by atoms with Crippen LogP contribution in [0.3, 0.4) is 0 Å². The third-order valence-corrected chi connectivity index (χ3v) is 3.67. The maximum Gasteiger partial charge on any atom is 0.239 e. The summed E-state index contributed by atoms with van der Waals surface area (Å²) in [7, 11) is 1.51. The van der Waals surface area contributed by atoms with Crippen molar-refractivity contribution in [1.29, 1.82) is 0 Å². The minimum absolute atomic E-state index is 0.0830. The summed E-state index contributed by atoms with van der Waals surface area (Å²) in [4.78, 5) is 23.5. The Labute approximate surface area is 130 Å². The first kappa shape index (κ1) is 16.5. The van der Waals surface area contributed by atoms with E-state index in [4.69, 9.17) is 10.5 Å². The van der Waals surface area contributed by atoms with Crippen molar-refractivity contribution in [2.45, 2.75) is 31.8 Å². The van der Waals surface area contributed by atoms with Crippen LogP contribution < -0.4 is 16.4 Å². The second kappa shape index (κ2) is 7.38. The van der Waals surface area contributed by atoms with Gasteiger partial charge in [-0.1, -0.05) is 12.1 Å². The van der Waals surface area contributed by atoms with Crippen LogP contribution in [0.25, 0.3) is 0 Å². The summed E-state index contributed by atoms with van der Waals surface area (Å²) in [5.41, 5.74) is 7.40. The number of benzene rings is 1. The third kappa shape index (κ3) is 4.54. The molecule has 1 aliphatic rings. The van der Waals surface area contributed by atoms with E-state index in [9.17, 15) is 9.59 Å². The largest absolute Gasteiger partial charge is 0.383 e. The topological polar surface area (TPSA) is 93.4 Å². The molecule has 0 saturated heterocycles. The predicted octanol–water partition coefficient (Wildman–Crippen LogP) is 1.19. The highest BCUT2D eigenvalue weighted by atomic mass is 16.5. The minimum atomic E-state index is -0.676. The van der Waals surface area contributed by atoms with Crippen LogP contribution in [0, 0.1) is 5.92 Å². The first-order chi connectivity index (χ1) is 10.5. The maximum absolute atomic E-state index is 11.8. The second-order valence-electron chi connectivity index (χ2n) is 5.68. The van der Waals surface area contributed by atoms with E-state index in [2.05, 4.69) is 10.6 Å². The number of hydrogen-bond donors (Lipinski definition) is 3. The Morgan fingerprint density at radius 1 is 1.32 bits per heavy atom. The number of carbonyl (C=O) groups excluding carboxylic acids is 2. The molecule has 4 N–H and O–H groups in total. The molecule has 0 heterocycles. The number of hydrogen-bond acceptors (Lipinski definition) is 4. The second-order valence-corrected chi connectivity index (χ2v) is 5.68. The first-order valence-electron chi connectivity index (χ1n) is 7.47. The lowest BCUT2D eigenvalue weighted by Crippen LogP contribution is -2.44. The molecule has 6 nitrogen and oxygen atoms in total. The van der Waals surface area contributed by atoms with E-state index in [0.29, 0.717) is 0 Å². The number of nitrogens with one attached hydrogen (secondary N) is 2. The predicted molar refractivity (Wildman–Crippen MR) is 84.2 cm³/mol. The van der Waals surface area contributed by atoms with E-state index in [1.807, 2.05) is 31.2 Å². The smallest absolute Gasteiger partial charge is 0.239 e. The van der Waals surface area contributed by atoms with Gasteiger partial charge in [0.05, 0.1) is 12.6 Å². The molecule has 120 valence electrons. The summed E-state index contributed by atoms with van der Waals surface area (Å²) < 4.78 is 4.86. The zero-order valence-corrected chi connectivity index (χ0v) is 13.0. The van der Waals surface area contributed by atoms with Crippen molar-refractivity contribution in [3.8, 4) is 0 Å². The molecule has 22 heavy (non-hydrogen) atoms. The van der Waals surface area contributed by atoms with Gasteiger partial charge in [0.15, 0.2) is 0 Å². The lowest BCUT2D eigenvalue weighted by Gasteiger charge is -2.18. The van der Waals surface area contributed by atoms with Gasteiger partial charge in [-0.15, -0.1) is 0 Å². The molecule has 2 unspecified atom stereocenters. The molecule has 0 spiro atoms. The van der Waals surface area contributed by atoms with Crippen LogP contribution in [0.4, 0.5) is 5.69 Å². The monoisotopic (exact) mass is 305 g/mol. The number of rotatable bonds is 7. The lowest BCUT2D eigenvalue weighted by atomic mass is 10.1. The summed E-state index contributed by atoms with van der Waals surface area (Å²) in [5.74, 6) is 0.0141. The van der Waals surface area contributed by atoms with Crippen molar-refractivity contribution < 1.29 is 14.3 Å².